The van der Waals surface area contributed by atoms with Gasteiger partial charge in [0, 0.05) is 30.5 Å². The number of fused-ring (bicyclic) bond motifs is 2. The van der Waals surface area contributed by atoms with E-state index in [4.69, 9.17) is 11.6 Å². The van der Waals surface area contributed by atoms with E-state index in [9.17, 15) is 18.8 Å². The molecule has 0 unspecified atom stereocenters. The summed E-state index contributed by atoms with van der Waals surface area (Å²) in [6.07, 6.45) is 2.40. The zero-order valence-corrected chi connectivity index (χ0v) is 20.3. The summed E-state index contributed by atoms with van der Waals surface area (Å²) >= 11 is 5.85. The molecule has 2 amide bonds. The Kier molecular flexibility index (Phi) is 6.09. The van der Waals surface area contributed by atoms with Gasteiger partial charge < -0.3 is 10.2 Å². The fourth-order valence-corrected chi connectivity index (χ4v) is 5.48. The third kappa shape index (κ3) is 4.20. The molecule has 0 spiro atoms. The number of hydrogen-bond acceptors (Lipinski definition) is 4. The molecule has 2 fully saturated rings. The Hall–Kier alpha value is -3.26. The number of benzene rings is 2. The second-order valence-electron chi connectivity index (χ2n) is 9.47. The van der Waals surface area contributed by atoms with Gasteiger partial charge in [-0.3, -0.25) is 19.1 Å². The van der Waals surface area contributed by atoms with Gasteiger partial charge >= 0.3 is 0 Å². The number of nitrogens with one attached hydrogen (secondary N) is 1. The summed E-state index contributed by atoms with van der Waals surface area (Å²) in [5, 5.41) is 7.93. The lowest BCUT2D eigenvalue weighted by Gasteiger charge is -2.37. The molecule has 35 heavy (non-hydrogen) atoms. The van der Waals surface area contributed by atoms with Crippen LogP contribution in [0.4, 0.5) is 4.39 Å². The largest absolute Gasteiger partial charge is 0.350 e. The van der Waals surface area contributed by atoms with Gasteiger partial charge in [0.25, 0.3) is 0 Å². The zero-order valence-electron chi connectivity index (χ0n) is 19.6. The number of likely N-dealkylation sites (tertiary alicyclic amines) is 1. The van der Waals surface area contributed by atoms with Crippen LogP contribution in [0, 0.1) is 18.7 Å². The van der Waals surface area contributed by atoms with Gasteiger partial charge in [0.05, 0.1) is 10.5 Å². The van der Waals surface area contributed by atoms with Gasteiger partial charge in [0.2, 0.25) is 11.8 Å². The van der Waals surface area contributed by atoms with E-state index >= 15 is 0 Å². The van der Waals surface area contributed by atoms with Crippen molar-refractivity contribution in [2.75, 3.05) is 0 Å². The van der Waals surface area contributed by atoms with Crippen molar-refractivity contribution in [2.24, 2.45) is 5.92 Å². The SMILES string of the molecule is CC(=O)c1nn(CC(=O)N2[C@@H]3CC[C@@H]3C[C@H]2C(=O)NCc2cccc(Cl)c2F)c2ccc(C)cc12. The van der Waals surface area contributed by atoms with E-state index in [1.165, 1.54) is 13.0 Å². The summed E-state index contributed by atoms with van der Waals surface area (Å²) in [5.41, 5.74) is 2.32. The number of rotatable bonds is 6. The number of hydrogen-bond donors (Lipinski definition) is 1. The fraction of sp³-hybridized carbons (Fsp3) is 0.385. The summed E-state index contributed by atoms with van der Waals surface area (Å²) in [4.78, 5) is 40.4. The Morgan fingerprint density at radius 2 is 2.00 bits per heavy atom. The Morgan fingerprint density at radius 3 is 2.71 bits per heavy atom. The number of aromatic nitrogens is 2. The first-order valence-electron chi connectivity index (χ1n) is 11.7. The van der Waals surface area contributed by atoms with Crippen molar-refractivity contribution >= 4 is 40.1 Å². The average molecular weight is 497 g/mol. The molecule has 1 aliphatic heterocycles. The topological polar surface area (TPSA) is 84.3 Å². The molecule has 1 saturated heterocycles. The van der Waals surface area contributed by atoms with E-state index in [0.29, 0.717) is 28.6 Å². The summed E-state index contributed by atoms with van der Waals surface area (Å²) in [6.45, 7) is 3.32. The fourth-order valence-electron chi connectivity index (χ4n) is 5.28. The van der Waals surface area contributed by atoms with Crippen molar-refractivity contribution < 1.29 is 18.8 Å². The molecule has 1 N–H and O–H groups in total. The van der Waals surface area contributed by atoms with Gasteiger partial charge in [-0.1, -0.05) is 35.4 Å². The quantitative estimate of drug-likeness (QED) is 0.522. The van der Waals surface area contributed by atoms with E-state index in [1.54, 1.807) is 21.7 Å². The number of carbonyl (C=O) groups is 3. The normalized spacial score (nSPS) is 21.0. The van der Waals surface area contributed by atoms with Gasteiger partial charge in [-0.05, 0) is 50.3 Å². The minimum atomic E-state index is -0.626. The van der Waals surface area contributed by atoms with Gasteiger partial charge in [-0.25, -0.2) is 4.39 Å². The Morgan fingerprint density at radius 1 is 1.20 bits per heavy atom. The zero-order chi connectivity index (χ0) is 24.9. The molecule has 2 aromatic carbocycles. The predicted octanol–water partition coefficient (Wildman–Crippen LogP) is 4.04. The highest BCUT2D eigenvalue weighted by Crippen LogP contribution is 2.44. The lowest BCUT2D eigenvalue weighted by molar-refractivity contribution is -0.142. The van der Waals surface area contributed by atoms with Crippen molar-refractivity contribution in [3.05, 3.63) is 64.1 Å². The molecule has 9 heteroatoms. The average Bonchev–Trinajstić information content (AvgIpc) is 3.28. The third-order valence-corrected chi connectivity index (χ3v) is 7.49. The molecule has 3 aromatic rings. The van der Waals surface area contributed by atoms with Crippen LogP contribution in [0.3, 0.4) is 0 Å². The van der Waals surface area contributed by atoms with E-state index < -0.39 is 11.9 Å². The van der Waals surface area contributed by atoms with Gasteiger partial charge in [-0.2, -0.15) is 5.10 Å². The van der Waals surface area contributed by atoms with E-state index in [2.05, 4.69) is 10.4 Å². The van der Waals surface area contributed by atoms with Crippen LogP contribution in [-0.4, -0.2) is 44.4 Å². The highest BCUT2D eigenvalue weighted by molar-refractivity contribution is 6.30. The molecule has 1 aromatic heterocycles. The summed E-state index contributed by atoms with van der Waals surface area (Å²) in [7, 11) is 0. The van der Waals surface area contributed by atoms with Crippen molar-refractivity contribution in [3.8, 4) is 0 Å². The van der Waals surface area contributed by atoms with Crippen molar-refractivity contribution in [3.63, 3.8) is 0 Å². The van der Waals surface area contributed by atoms with E-state index in [1.807, 2.05) is 25.1 Å². The Bertz CT molecular complexity index is 1350. The van der Waals surface area contributed by atoms with E-state index in [0.717, 1.165) is 18.4 Å². The van der Waals surface area contributed by atoms with Gasteiger partial charge in [0.1, 0.15) is 24.1 Å². The van der Waals surface area contributed by atoms with Crippen molar-refractivity contribution in [1.29, 1.82) is 0 Å². The van der Waals surface area contributed by atoms with Crippen LogP contribution in [0.1, 0.15) is 47.8 Å². The molecule has 1 aliphatic carbocycles. The molecular formula is C26H26ClFN4O3. The Labute approximate surface area is 207 Å². The molecule has 182 valence electrons. The standard InChI is InChI=1S/C26H26ClFN4O3/c1-14-6-8-21-18(10-14)25(15(2)33)30-31(21)13-23(34)32-20-9-7-16(20)11-22(32)26(35)29-12-17-4-3-5-19(27)24(17)28/h3-6,8,10,16,20,22H,7,9,11-13H2,1-2H3,(H,29,35)/t16-,20-,22+/m1/s1. The highest BCUT2D eigenvalue weighted by Gasteiger charge is 2.51. The molecule has 0 radical (unpaired) electrons. The first-order chi connectivity index (χ1) is 16.7. The maximum Gasteiger partial charge on any atom is 0.245 e. The second-order valence-corrected chi connectivity index (χ2v) is 9.88. The van der Waals surface area contributed by atoms with Crippen LogP contribution in [0.5, 0.6) is 0 Å². The highest BCUT2D eigenvalue weighted by atomic mass is 35.5. The lowest BCUT2D eigenvalue weighted by Crippen LogP contribution is -2.51. The Balaban J connectivity index is 1.36. The number of aryl methyl sites for hydroxylation is 1. The van der Waals surface area contributed by atoms with Gasteiger partial charge in [0.15, 0.2) is 5.78 Å². The molecular weight excluding hydrogens is 471 g/mol. The molecule has 1 saturated carbocycles. The maximum absolute atomic E-state index is 14.2. The van der Waals surface area contributed by atoms with Crippen molar-refractivity contribution in [1.82, 2.24) is 20.0 Å². The van der Waals surface area contributed by atoms with Crippen LogP contribution in [0.2, 0.25) is 5.02 Å². The number of ketones is 1. The van der Waals surface area contributed by atoms with Gasteiger partial charge in [-0.15, -0.1) is 0 Å². The first kappa shape index (κ1) is 23.5. The molecule has 0 bridgehead atoms. The summed E-state index contributed by atoms with van der Waals surface area (Å²) in [5.74, 6) is -0.972. The number of amides is 2. The van der Waals surface area contributed by atoms with Crippen LogP contribution in [-0.2, 0) is 22.7 Å². The van der Waals surface area contributed by atoms with Crippen LogP contribution < -0.4 is 5.32 Å². The molecule has 5 rings (SSSR count). The lowest BCUT2D eigenvalue weighted by atomic mass is 9.80. The van der Waals surface area contributed by atoms with Crippen LogP contribution >= 0.6 is 11.6 Å². The molecule has 2 heterocycles. The first-order valence-corrected chi connectivity index (χ1v) is 12.1. The van der Waals surface area contributed by atoms with E-state index in [-0.39, 0.29) is 47.7 Å². The number of Topliss-reactive ketones (excluding diaryl/α,β-unsaturated/α-hetero) is 1. The second kappa shape index (κ2) is 9.07. The maximum atomic E-state index is 14.2. The number of carbonyl (C=O) groups excluding carboxylic acids is 3. The van der Waals surface area contributed by atoms with Crippen LogP contribution in [0.15, 0.2) is 36.4 Å². The molecule has 3 atom stereocenters. The summed E-state index contributed by atoms with van der Waals surface area (Å²) < 4.78 is 15.8. The summed E-state index contributed by atoms with van der Waals surface area (Å²) in [6, 6.07) is 9.70. The van der Waals surface area contributed by atoms with Crippen LogP contribution in [0.25, 0.3) is 10.9 Å². The number of nitrogens with zero attached hydrogens (tertiary/aromatic N) is 3. The third-order valence-electron chi connectivity index (χ3n) is 7.20. The minimum absolute atomic E-state index is 0.000891. The molecule has 7 nitrogen and oxygen atoms in total. The minimum Gasteiger partial charge on any atom is -0.350 e. The smallest absolute Gasteiger partial charge is 0.245 e. The predicted molar refractivity (Wildman–Crippen MR) is 129 cm³/mol. The monoisotopic (exact) mass is 496 g/mol. The number of halogens is 2. The molecule has 2 aliphatic rings. The van der Waals surface area contributed by atoms with Crippen molar-refractivity contribution in [2.45, 2.75) is 58.3 Å².